The van der Waals surface area contributed by atoms with Gasteiger partial charge in [0.05, 0.1) is 28.2 Å². The smallest absolute Gasteiger partial charge is 0.249 e. The largest absolute Gasteiger partial charge is 0.874 e. The van der Waals surface area contributed by atoms with Gasteiger partial charge >= 0.3 is 0 Å². The van der Waals surface area contributed by atoms with E-state index in [1.807, 2.05) is 102 Å². The number of anilines is 4. The highest BCUT2D eigenvalue weighted by atomic mass is 16.3. The van der Waals surface area contributed by atoms with Crippen LogP contribution in [-0.2, 0) is 28.8 Å². The fourth-order valence-corrected chi connectivity index (χ4v) is 15.0. The Kier molecular flexibility index (Phi) is 38.5. The van der Waals surface area contributed by atoms with Crippen molar-refractivity contribution in [2.24, 2.45) is 40.5 Å². The van der Waals surface area contributed by atoms with Gasteiger partial charge in [-0.1, -0.05) is 172 Å². The highest BCUT2D eigenvalue weighted by Gasteiger charge is 2.44. The van der Waals surface area contributed by atoms with E-state index >= 15 is 0 Å². The maximum Gasteiger partial charge on any atom is 0.249 e. The number of aryl methyl sites for hydroxylation is 1. The van der Waals surface area contributed by atoms with Gasteiger partial charge in [0.25, 0.3) is 0 Å². The van der Waals surface area contributed by atoms with Crippen LogP contribution in [0.1, 0.15) is 288 Å². The molecule has 0 heterocycles. The standard InChI is InChI=1S/C48H76N4O4.C42H62N4O4/c1-9-17-23-35(15-7)47(55)49-41-33-37(51(29-19-11-3)30-20-12-4)25-27-39(41)43-45(53)44(46(43)54)40-28-26-38(52(31-21-13-5)32-22-14-6)34-42(40)50-48(56)36(16-8)24-18-10-2;1-11-19-21-29(13-3)41(49)43-33-25-35(45(15-5)16-6)27(9)23-31(33)37-39(47)38(40(37)48)32-24-28(10)36(46(17-7)18-8)26-34(32)44-42(50)30(14-4)22-20-12-2/h25-28,33-36,39,43H,9-24,29-32H2,1-8H3,(H2,50,53,54,56);23-26,29-30,47H,11-22H2,1-10H3,(H,43,49). The number of amides is 4. The molecule has 4 amide bonds. The van der Waals surface area contributed by atoms with Crippen LogP contribution in [0.15, 0.2) is 105 Å². The molecule has 4 aliphatic rings. The number of carbonyl (C=O) groups excluding carboxylic acids is 6. The lowest BCUT2D eigenvalue weighted by Gasteiger charge is -2.42. The molecule has 2 aromatic rings. The van der Waals surface area contributed by atoms with E-state index in [1.54, 1.807) is 0 Å². The van der Waals surface area contributed by atoms with Gasteiger partial charge in [-0.3, -0.25) is 28.8 Å². The summed E-state index contributed by atoms with van der Waals surface area (Å²) in [6.45, 7) is 44.4. The average Bonchev–Trinajstić information content (AvgIpc) is 0.728. The third-order valence-corrected chi connectivity index (χ3v) is 22.1. The topological polar surface area (TPSA) is 207 Å². The van der Waals surface area contributed by atoms with Crippen molar-refractivity contribution in [1.29, 1.82) is 0 Å². The molecule has 6 atom stereocenters. The Morgan fingerprint density at radius 2 is 1.02 bits per heavy atom. The Balaban J connectivity index is 0.000000383. The van der Waals surface area contributed by atoms with Crippen LogP contribution >= 0.6 is 0 Å². The molecule has 6 rings (SSSR count). The molecule has 0 saturated carbocycles. The van der Waals surface area contributed by atoms with Gasteiger partial charge in [0.15, 0.2) is 5.78 Å². The minimum absolute atomic E-state index is 0.0474. The molecule has 0 aliphatic heterocycles. The number of unbranched alkanes of at least 4 members (excludes halogenated alkanes) is 8. The van der Waals surface area contributed by atoms with Crippen molar-refractivity contribution in [2.45, 2.75) is 279 Å². The number of aliphatic imine (C=N–C) groups is 1. The number of aliphatic hydroxyl groups excluding tert-OH is 1. The Morgan fingerprint density at radius 1 is 0.538 bits per heavy atom. The second kappa shape index (κ2) is 45.9. The third kappa shape index (κ3) is 23.2. The Hall–Kier alpha value is -7.62. The van der Waals surface area contributed by atoms with Crippen molar-refractivity contribution in [3.8, 4) is 0 Å². The first-order valence-corrected chi connectivity index (χ1v) is 41.8. The molecular weight excluding hydrogens is 1320 g/mol. The van der Waals surface area contributed by atoms with Crippen LogP contribution in [0.25, 0.3) is 11.1 Å². The Labute approximate surface area is 640 Å². The minimum atomic E-state index is -0.938. The first-order chi connectivity index (χ1) is 51.1. The van der Waals surface area contributed by atoms with Crippen LogP contribution in [0.2, 0.25) is 0 Å². The van der Waals surface area contributed by atoms with E-state index in [-0.39, 0.29) is 87.1 Å². The molecule has 4 N–H and O–H groups in total. The van der Waals surface area contributed by atoms with Gasteiger partial charge in [0, 0.05) is 145 Å². The number of likely N-dealkylation sites (N-methyl/N-ethyl adjacent to an activating group) is 1. The number of allylic oxidation sites excluding steroid dienone is 11. The monoisotopic (exact) mass is 1460 g/mol. The summed E-state index contributed by atoms with van der Waals surface area (Å²) in [5, 5.41) is 35.8. The number of nitrogens with one attached hydrogen (secondary N) is 3. The molecule has 0 bridgehead atoms. The SMILES string of the molecule is CCCCC(CC)C(=O)N=C1C=C(N(CC)CC)C(C)=CC1=C1C(=O)C(c2cc(C)c(N(CC)CC)cc2NC(=O)C(CC)CCCC)=C1O.CCCCC(CC)C(=O)NC1=CC(=[N+](CCCC)CCCC)C=CC1C1C(=O)C(c2ccc(N(CCCC)CCCC)cc2NC(=O)C(CC)CCCC)=C1[O-]. The number of Topliss-reactive ketones (excluding diaryl/α,β-unsaturated/α-hetero) is 2. The van der Waals surface area contributed by atoms with E-state index in [1.165, 1.54) is 0 Å². The molecule has 106 heavy (non-hydrogen) atoms. The first kappa shape index (κ1) is 89.0. The number of carbonyl (C=O) groups is 6. The molecule has 0 fully saturated rings. The fourth-order valence-electron chi connectivity index (χ4n) is 15.0. The number of benzene rings is 2. The lowest BCUT2D eigenvalue weighted by atomic mass is 9.69. The molecule has 6 unspecified atom stereocenters. The fraction of sp³-hybridized carbons (Fsp3) is 0.622. The van der Waals surface area contributed by atoms with E-state index < -0.39 is 11.8 Å². The number of hydrogen-bond donors (Lipinski definition) is 4. The van der Waals surface area contributed by atoms with Gasteiger partial charge in [0.1, 0.15) is 18.8 Å². The van der Waals surface area contributed by atoms with E-state index in [0.717, 1.165) is 228 Å². The Bertz CT molecular complexity index is 3570. The maximum absolute atomic E-state index is 14.4. The lowest BCUT2D eigenvalue weighted by molar-refractivity contribution is -0.527. The number of hydrogen-bond acceptors (Lipinski definition) is 11. The second-order valence-electron chi connectivity index (χ2n) is 29.6. The minimum Gasteiger partial charge on any atom is -0.874 e. The van der Waals surface area contributed by atoms with Crippen LogP contribution in [0, 0.1) is 42.4 Å². The normalized spacial score (nSPS) is 17.8. The zero-order valence-corrected chi connectivity index (χ0v) is 68.9. The van der Waals surface area contributed by atoms with E-state index in [0.29, 0.717) is 52.3 Å². The number of rotatable bonds is 45. The summed E-state index contributed by atoms with van der Waals surface area (Å²) in [6.07, 6.45) is 32.1. The van der Waals surface area contributed by atoms with Crippen molar-refractivity contribution in [1.82, 2.24) is 10.2 Å². The Morgan fingerprint density at radius 3 is 1.48 bits per heavy atom. The van der Waals surface area contributed by atoms with E-state index in [2.05, 4.69) is 123 Å². The van der Waals surface area contributed by atoms with E-state index in [4.69, 9.17) is 0 Å². The quantitative estimate of drug-likeness (QED) is 0.0362. The highest BCUT2D eigenvalue weighted by molar-refractivity contribution is 6.42. The summed E-state index contributed by atoms with van der Waals surface area (Å²) in [4.78, 5) is 94.9. The summed E-state index contributed by atoms with van der Waals surface area (Å²) >= 11 is 0. The third-order valence-electron chi connectivity index (χ3n) is 22.1. The summed E-state index contributed by atoms with van der Waals surface area (Å²) in [5.74, 6) is -3.52. The summed E-state index contributed by atoms with van der Waals surface area (Å²) < 4.78 is 2.37. The van der Waals surface area contributed by atoms with Crippen molar-refractivity contribution in [3.63, 3.8) is 0 Å². The molecule has 0 aromatic heterocycles. The molecule has 16 heteroatoms. The van der Waals surface area contributed by atoms with Gasteiger partial charge in [0.2, 0.25) is 35.1 Å². The van der Waals surface area contributed by atoms with Crippen molar-refractivity contribution >= 4 is 80.5 Å². The number of ketones is 2. The summed E-state index contributed by atoms with van der Waals surface area (Å²) in [6, 6.07) is 9.68. The van der Waals surface area contributed by atoms with Gasteiger partial charge < -0.3 is 40.9 Å². The first-order valence-electron chi connectivity index (χ1n) is 41.8. The van der Waals surface area contributed by atoms with Gasteiger partial charge in [-0.2, -0.15) is 0 Å². The van der Waals surface area contributed by atoms with Crippen LogP contribution in [0.5, 0.6) is 0 Å². The second-order valence-corrected chi connectivity index (χ2v) is 29.6. The van der Waals surface area contributed by atoms with Crippen LogP contribution < -0.4 is 30.9 Å². The van der Waals surface area contributed by atoms with Gasteiger partial charge in [-0.05, 0) is 153 Å². The van der Waals surface area contributed by atoms with Gasteiger partial charge in [-0.25, -0.2) is 9.57 Å². The lowest BCUT2D eigenvalue weighted by Crippen LogP contribution is -2.45. The summed E-state index contributed by atoms with van der Waals surface area (Å²) in [7, 11) is 0. The molecule has 16 nitrogen and oxygen atoms in total. The van der Waals surface area contributed by atoms with Crippen LogP contribution in [0.3, 0.4) is 0 Å². The molecule has 0 saturated heterocycles. The maximum atomic E-state index is 14.4. The van der Waals surface area contributed by atoms with Gasteiger partial charge in [-0.15, -0.1) is 5.76 Å². The van der Waals surface area contributed by atoms with Crippen molar-refractivity contribution in [3.05, 3.63) is 117 Å². The molecular formula is C90H138N8O8. The molecule has 0 spiro atoms. The number of nitrogens with zero attached hydrogens (tertiary/aromatic N) is 5. The van der Waals surface area contributed by atoms with Crippen LogP contribution in [-0.4, -0.2) is 114 Å². The zero-order chi connectivity index (χ0) is 78.2. The molecule has 0 radical (unpaired) electrons. The van der Waals surface area contributed by atoms with Crippen LogP contribution in [0.4, 0.5) is 22.7 Å². The molecule has 586 valence electrons. The predicted molar refractivity (Wildman–Crippen MR) is 442 cm³/mol. The highest BCUT2D eigenvalue weighted by Crippen LogP contribution is 2.47. The van der Waals surface area contributed by atoms with Crippen molar-refractivity contribution in [2.75, 3.05) is 72.8 Å². The molecule has 4 aliphatic carbocycles. The van der Waals surface area contributed by atoms with E-state index in [9.17, 15) is 39.0 Å². The number of aliphatic hydroxyl groups is 1. The predicted octanol–water partition coefficient (Wildman–Crippen LogP) is 19.5. The summed E-state index contributed by atoms with van der Waals surface area (Å²) in [5.41, 5.74) is 9.76. The van der Waals surface area contributed by atoms with Crippen molar-refractivity contribution < 1.29 is 43.6 Å². The average molecular weight is 1460 g/mol. The zero-order valence-electron chi connectivity index (χ0n) is 68.9. The molecule has 2 aromatic carbocycles.